The van der Waals surface area contributed by atoms with E-state index in [1.807, 2.05) is 43.3 Å². The fourth-order valence-electron chi connectivity index (χ4n) is 3.16. The summed E-state index contributed by atoms with van der Waals surface area (Å²) in [6, 6.07) is 17.8. The molecule has 26 heavy (non-hydrogen) atoms. The van der Waals surface area contributed by atoms with Crippen LogP contribution in [0.5, 0.6) is 0 Å². The monoisotopic (exact) mass is 344 g/mol. The van der Waals surface area contributed by atoms with Crippen LogP contribution in [0.2, 0.25) is 0 Å². The molecule has 0 heterocycles. The van der Waals surface area contributed by atoms with Crippen LogP contribution in [0.1, 0.15) is 54.9 Å². The maximum atomic E-state index is 14.7. The van der Waals surface area contributed by atoms with E-state index < -0.39 is 0 Å². The Hall–Kier alpha value is -2.59. The van der Waals surface area contributed by atoms with Crippen molar-refractivity contribution >= 4 is 10.8 Å². The summed E-state index contributed by atoms with van der Waals surface area (Å²) < 4.78 is 14.7. The molecule has 0 fully saturated rings. The topological polar surface area (TPSA) is 0 Å². The molecule has 0 N–H and O–H groups in total. The molecule has 0 aliphatic rings. The number of rotatable bonds is 5. The Morgan fingerprint density at radius 2 is 1.65 bits per heavy atom. The number of hydrogen-bond donors (Lipinski definition) is 0. The molecule has 0 nitrogen and oxygen atoms in total. The summed E-state index contributed by atoms with van der Waals surface area (Å²) in [7, 11) is 0. The predicted octanol–water partition coefficient (Wildman–Crippen LogP) is 6.81. The first-order chi connectivity index (χ1) is 12.7. The highest BCUT2D eigenvalue weighted by molar-refractivity contribution is 5.85. The van der Waals surface area contributed by atoms with E-state index in [-0.39, 0.29) is 5.82 Å². The van der Waals surface area contributed by atoms with Crippen LogP contribution in [-0.4, -0.2) is 0 Å². The molecule has 0 radical (unpaired) electrons. The number of aryl methyl sites for hydroxylation is 2. The van der Waals surface area contributed by atoms with Gasteiger partial charge in [-0.05, 0) is 48.9 Å². The maximum Gasteiger partial charge on any atom is 0.146 e. The lowest BCUT2D eigenvalue weighted by molar-refractivity contribution is 0.636. The second-order valence-electron chi connectivity index (χ2n) is 6.91. The quantitative estimate of drug-likeness (QED) is 0.352. The summed E-state index contributed by atoms with van der Waals surface area (Å²) in [5.74, 6) is 5.85. The molecule has 0 saturated heterocycles. The number of benzene rings is 3. The van der Waals surface area contributed by atoms with Crippen molar-refractivity contribution < 1.29 is 4.39 Å². The minimum Gasteiger partial charge on any atom is -0.205 e. The summed E-state index contributed by atoms with van der Waals surface area (Å²) in [4.78, 5) is 0. The molecule has 132 valence electrons. The van der Waals surface area contributed by atoms with Gasteiger partial charge in [0.05, 0.1) is 5.56 Å². The van der Waals surface area contributed by atoms with Crippen molar-refractivity contribution in [1.82, 2.24) is 0 Å². The van der Waals surface area contributed by atoms with Gasteiger partial charge >= 0.3 is 0 Å². The van der Waals surface area contributed by atoms with Crippen LogP contribution in [0.4, 0.5) is 4.39 Å². The minimum atomic E-state index is -0.234. The molecule has 0 aromatic heterocycles. The van der Waals surface area contributed by atoms with Crippen LogP contribution in [0.25, 0.3) is 10.8 Å². The lowest BCUT2D eigenvalue weighted by Gasteiger charge is -2.03. The van der Waals surface area contributed by atoms with Crippen LogP contribution in [0, 0.1) is 24.6 Å². The van der Waals surface area contributed by atoms with Crippen molar-refractivity contribution in [1.29, 1.82) is 0 Å². The smallest absolute Gasteiger partial charge is 0.146 e. The van der Waals surface area contributed by atoms with Gasteiger partial charge in [-0.1, -0.05) is 80.0 Å². The molecule has 1 heteroatoms. The zero-order chi connectivity index (χ0) is 18.4. The highest BCUT2D eigenvalue weighted by Gasteiger charge is 2.05. The molecule has 0 aliphatic carbocycles. The molecule has 3 aromatic carbocycles. The molecule has 0 aliphatic heterocycles. The van der Waals surface area contributed by atoms with Crippen molar-refractivity contribution in [3.63, 3.8) is 0 Å². The van der Waals surface area contributed by atoms with Gasteiger partial charge in [-0.25, -0.2) is 4.39 Å². The Morgan fingerprint density at radius 1 is 0.846 bits per heavy atom. The van der Waals surface area contributed by atoms with Crippen molar-refractivity contribution in [2.45, 2.75) is 46.0 Å². The lowest BCUT2D eigenvalue weighted by atomic mass is 10.0. The van der Waals surface area contributed by atoms with Crippen LogP contribution < -0.4 is 0 Å². The molecule has 0 saturated carbocycles. The highest BCUT2D eigenvalue weighted by Crippen LogP contribution is 2.22. The Bertz CT molecular complexity index is 940. The van der Waals surface area contributed by atoms with Gasteiger partial charge in [0.2, 0.25) is 0 Å². The van der Waals surface area contributed by atoms with Crippen LogP contribution >= 0.6 is 0 Å². The largest absolute Gasteiger partial charge is 0.205 e. The molecule has 3 rings (SSSR count). The van der Waals surface area contributed by atoms with Crippen LogP contribution in [0.15, 0.2) is 54.6 Å². The maximum absolute atomic E-state index is 14.7. The van der Waals surface area contributed by atoms with Gasteiger partial charge in [-0.2, -0.15) is 0 Å². The first-order valence-electron chi connectivity index (χ1n) is 9.47. The van der Waals surface area contributed by atoms with Crippen LogP contribution in [-0.2, 0) is 6.42 Å². The third kappa shape index (κ3) is 4.52. The number of fused-ring (bicyclic) bond motifs is 1. The minimum absolute atomic E-state index is 0.234. The van der Waals surface area contributed by atoms with Crippen molar-refractivity contribution in [3.8, 4) is 11.8 Å². The van der Waals surface area contributed by atoms with Gasteiger partial charge in [0.25, 0.3) is 0 Å². The number of hydrogen-bond acceptors (Lipinski definition) is 0. The Balaban J connectivity index is 1.74. The SMILES string of the molecule is CCCCCCc1ccc(C#Cc2ccc3cc(C)ccc3c2F)cc1. The molecule has 0 bridgehead atoms. The Labute approximate surface area is 156 Å². The van der Waals surface area contributed by atoms with Gasteiger partial charge in [-0.3, -0.25) is 0 Å². The first-order valence-corrected chi connectivity index (χ1v) is 9.47. The molecular weight excluding hydrogens is 319 g/mol. The molecule has 0 atom stereocenters. The summed E-state index contributed by atoms with van der Waals surface area (Å²) in [5, 5.41) is 1.55. The predicted molar refractivity (Wildman–Crippen MR) is 109 cm³/mol. The van der Waals surface area contributed by atoms with E-state index in [4.69, 9.17) is 0 Å². The average Bonchev–Trinajstić information content (AvgIpc) is 2.65. The van der Waals surface area contributed by atoms with Gasteiger partial charge < -0.3 is 0 Å². The van der Waals surface area contributed by atoms with E-state index in [0.29, 0.717) is 10.9 Å². The van der Waals surface area contributed by atoms with E-state index >= 15 is 0 Å². The molecule has 0 spiro atoms. The van der Waals surface area contributed by atoms with E-state index in [1.54, 1.807) is 6.07 Å². The summed E-state index contributed by atoms with van der Waals surface area (Å²) in [6.45, 7) is 4.24. The second kappa shape index (κ2) is 8.68. The number of unbranched alkanes of at least 4 members (excludes halogenated alkanes) is 3. The van der Waals surface area contributed by atoms with Gasteiger partial charge in [0.15, 0.2) is 0 Å². The standard InChI is InChI=1S/C25H25F/c1-3-4-5-6-7-20-9-11-21(12-10-20)13-14-22-15-16-23-18-19(2)8-17-24(23)25(22)26/h8-12,15-18H,3-7H2,1-2H3. The van der Waals surface area contributed by atoms with E-state index in [9.17, 15) is 4.39 Å². The molecule has 0 unspecified atom stereocenters. The zero-order valence-electron chi connectivity index (χ0n) is 15.6. The highest BCUT2D eigenvalue weighted by atomic mass is 19.1. The second-order valence-corrected chi connectivity index (χ2v) is 6.91. The molecular formula is C25H25F. The fourth-order valence-corrected chi connectivity index (χ4v) is 3.16. The average molecular weight is 344 g/mol. The van der Waals surface area contributed by atoms with Crippen molar-refractivity contribution in [3.05, 3.63) is 82.7 Å². The van der Waals surface area contributed by atoms with Gasteiger partial charge in [0.1, 0.15) is 5.82 Å². The Kier molecular flexibility index (Phi) is 6.08. The summed E-state index contributed by atoms with van der Waals surface area (Å²) in [5.41, 5.74) is 3.85. The molecule has 0 amide bonds. The molecule has 3 aromatic rings. The fraction of sp³-hybridized carbons (Fsp3) is 0.280. The summed E-state index contributed by atoms with van der Waals surface area (Å²) >= 11 is 0. The zero-order valence-corrected chi connectivity index (χ0v) is 15.6. The van der Waals surface area contributed by atoms with E-state index in [0.717, 1.165) is 22.9 Å². The van der Waals surface area contributed by atoms with E-state index in [1.165, 1.54) is 31.2 Å². The summed E-state index contributed by atoms with van der Waals surface area (Å²) in [6.07, 6.45) is 6.21. The third-order valence-corrected chi connectivity index (χ3v) is 4.72. The first kappa shape index (κ1) is 18.2. The Morgan fingerprint density at radius 3 is 2.42 bits per heavy atom. The normalized spacial score (nSPS) is 10.6. The van der Waals surface area contributed by atoms with Crippen molar-refractivity contribution in [2.24, 2.45) is 0 Å². The van der Waals surface area contributed by atoms with Gasteiger partial charge in [0, 0.05) is 10.9 Å². The third-order valence-electron chi connectivity index (χ3n) is 4.72. The van der Waals surface area contributed by atoms with Crippen LogP contribution in [0.3, 0.4) is 0 Å². The van der Waals surface area contributed by atoms with E-state index in [2.05, 4.69) is 30.9 Å². The van der Waals surface area contributed by atoms with Gasteiger partial charge in [-0.15, -0.1) is 0 Å². The van der Waals surface area contributed by atoms with Crippen molar-refractivity contribution in [2.75, 3.05) is 0 Å². The lowest BCUT2D eigenvalue weighted by Crippen LogP contribution is -1.88. The number of halogens is 1.